The van der Waals surface area contributed by atoms with Crippen molar-refractivity contribution in [2.24, 2.45) is 11.8 Å². The minimum atomic E-state index is -4.00. The monoisotopic (exact) mass is 562 g/mol. The van der Waals surface area contributed by atoms with Gasteiger partial charge in [0.2, 0.25) is 0 Å². The topological polar surface area (TPSA) is 129 Å². The quantitative estimate of drug-likeness (QED) is 0.180. The molecule has 3 heterocycles. The number of pyridine rings is 1. The lowest BCUT2D eigenvalue weighted by Crippen LogP contribution is -2.37. The molecule has 4 rings (SSSR count). The smallest absolute Gasteiger partial charge is 0.265 e. The van der Waals surface area contributed by atoms with Gasteiger partial charge in [-0.25, -0.2) is 18.7 Å². The highest BCUT2D eigenvalue weighted by Gasteiger charge is 2.23. The molecule has 1 aromatic carbocycles. The SMILES string of the molecule is CCC1CCCCN(c2cncc(C(=N)CN(N)c3c(F)ccc(NS(=O)(=O)c4ccoc4)c3Cl)c2)CC1. The average Bonchev–Trinajstić information content (AvgIpc) is 3.42. The van der Waals surface area contributed by atoms with Crippen LogP contribution in [0.4, 0.5) is 21.5 Å². The molecule has 0 saturated carbocycles. The standard InChI is InChI=1S/C26H32ClFN6O3S/c1-2-18-5-3-4-10-33(11-8-18)20-13-19(14-31-15-20)23(29)16-34(30)26-22(28)6-7-24(25(26)27)32-38(35,36)21-9-12-37-17-21/h6-7,9,12-15,17-18,29,32H,2-5,8,10-11,16,30H2,1H3. The van der Waals surface area contributed by atoms with E-state index in [2.05, 4.69) is 21.5 Å². The summed E-state index contributed by atoms with van der Waals surface area (Å²) in [6.45, 7) is 3.91. The third-order valence-electron chi connectivity index (χ3n) is 6.84. The second kappa shape index (κ2) is 12.1. The van der Waals surface area contributed by atoms with Gasteiger partial charge in [0.15, 0.2) is 0 Å². The number of nitrogens with zero attached hydrogens (tertiary/aromatic N) is 3. The molecule has 4 N–H and O–H groups in total. The van der Waals surface area contributed by atoms with E-state index in [-0.39, 0.29) is 33.5 Å². The molecule has 1 fully saturated rings. The lowest BCUT2D eigenvalue weighted by atomic mass is 9.93. The number of aromatic nitrogens is 1. The molecule has 204 valence electrons. The summed E-state index contributed by atoms with van der Waals surface area (Å²) in [7, 11) is -4.00. The van der Waals surface area contributed by atoms with E-state index in [4.69, 9.17) is 27.3 Å². The molecule has 2 aromatic heterocycles. The van der Waals surface area contributed by atoms with Crippen LogP contribution in [0.15, 0.2) is 58.5 Å². The molecule has 0 aliphatic carbocycles. The van der Waals surface area contributed by atoms with Gasteiger partial charge in [-0.3, -0.25) is 9.71 Å². The Hall–Kier alpha value is -3.15. The lowest BCUT2D eigenvalue weighted by molar-refractivity contribution is 0.397. The van der Waals surface area contributed by atoms with E-state index in [0.717, 1.165) is 54.9 Å². The molecule has 0 amide bonds. The zero-order chi connectivity index (χ0) is 27.3. The highest BCUT2D eigenvalue weighted by molar-refractivity contribution is 7.92. The Morgan fingerprint density at radius 3 is 2.84 bits per heavy atom. The number of nitrogens with two attached hydrogens (primary N) is 1. The van der Waals surface area contributed by atoms with Crippen LogP contribution in [0.1, 0.15) is 44.6 Å². The minimum Gasteiger partial charge on any atom is -0.471 e. The fourth-order valence-corrected chi connectivity index (χ4v) is 5.95. The van der Waals surface area contributed by atoms with Crippen LogP contribution in [0.25, 0.3) is 0 Å². The molecule has 0 spiro atoms. The first kappa shape index (κ1) is 27.9. The van der Waals surface area contributed by atoms with Crippen molar-refractivity contribution in [1.29, 1.82) is 5.41 Å². The van der Waals surface area contributed by atoms with Crippen LogP contribution in [0.2, 0.25) is 5.02 Å². The van der Waals surface area contributed by atoms with Gasteiger partial charge in [-0.05, 0) is 43.0 Å². The second-order valence-corrected chi connectivity index (χ2v) is 11.5. The van der Waals surface area contributed by atoms with Crippen LogP contribution >= 0.6 is 11.6 Å². The predicted octanol–water partition coefficient (Wildman–Crippen LogP) is 5.42. The highest BCUT2D eigenvalue weighted by atomic mass is 35.5. The second-order valence-electron chi connectivity index (χ2n) is 9.41. The number of furan rings is 1. The molecule has 38 heavy (non-hydrogen) atoms. The Morgan fingerprint density at radius 1 is 1.29 bits per heavy atom. The number of anilines is 3. The molecule has 0 bridgehead atoms. The molecule has 0 radical (unpaired) electrons. The molecule has 1 aliphatic heterocycles. The number of benzene rings is 1. The van der Waals surface area contributed by atoms with Gasteiger partial charge in [0.05, 0.1) is 41.1 Å². The Kier molecular flexibility index (Phi) is 8.91. The van der Waals surface area contributed by atoms with Crippen molar-refractivity contribution in [3.8, 4) is 0 Å². The first-order chi connectivity index (χ1) is 18.2. The molecule has 9 nitrogen and oxygen atoms in total. The Bertz CT molecular complexity index is 1370. The van der Waals surface area contributed by atoms with Gasteiger partial charge in [-0.15, -0.1) is 0 Å². The van der Waals surface area contributed by atoms with E-state index in [9.17, 15) is 12.8 Å². The van der Waals surface area contributed by atoms with Crippen molar-refractivity contribution in [3.05, 3.63) is 65.6 Å². The van der Waals surface area contributed by atoms with Gasteiger partial charge >= 0.3 is 0 Å². The van der Waals surface area contributed by atoms with E-state index >= 15 is 0 Å². The number of hydrogen-bond acceptors (Lipinski definition) is 8. The van der Waals surface area contributed by atoms with Crippen LogP contribution in [-0.2, 0) is 10.0 Å². The Balaban J connectivity index is 1.50. The first-order valence-corrected chi connectivity index (χ1v) is 14.4. The maximum Gasteiger partial charge on any atom is 0.265 e. The van der Waals surface area contributed by atoms with Crippen molar-refractivity contribution in [1.82, 2.24) is 4.98 Å². The van der Waals surface area contributed by atoms with E-state index in [1.807, 2.05) is 6.07 Å². The summed E-state index contributed by atoms with van der Waals surface area (Å²) in [5, 5.41) is 9.38. The van der Waals surface area contributed by atoms with Gasteiger partial charge in [0.25, 0.3) is 10.0 Å². The average molecular weight is 563 g/mol. The summed E-state index contributed by atoms with van der Waals surface area (Å²) in [6, 6.07) is 5.44. The van der Waals surface area contributed by atoms with Crippen LogP contribution in [0.3, 0.4) is 0 Å². The van der Waals surface area contributed by atoms with E-state index in [0.29, 0.717) is 5.56 Å². The molecule has 1 unspecified atom stereocenters. The fraction of sp³-hybridized carbons (Fsp3) is 0.385. The molecular weight excluding hydrogens is 531 g/mol. The molecular formula is C26H32ClFN6O3S. The van der Waals surface area contributed by atoms with Gasteiger partial charge in [0.1, 0.15) is 22.7 Å². The Labute approximate surface area is 227 Å². The van der Waals surface area contributed by atoms with Gasteiger partial charge in [-0.2, -0.15) is 0 Å². The maximum absolute atomic E-state index is 14.8. The molecule has 1 atom stereocenters. The highest BCUT2D eigenvalue weighted by Crippen LogP contribution is 2.35. The van der Waals surface area contributed by atoms with Crippen LogP contribution in [0, 0.1) is 17.1 Å². The maximum atomic E-state index is 14.8. The largest absolute Gasteiger partial charge is 0.471 e. The molecule has 1 aliphatic rings. The van der Waals surface area contributed by atoms with E-state index in [1.165, 1.54) is 37.7 Å². The van der Waals surface area contributed by atoms with Crippen LogP contribution < -0.4 is 20.5 Å². The zero-order valence-electron chi connectivity index (χ0n) is 21.2. The van der Waals surface area contributed by atoms with E-state index in [1.54, 1.807) is 12.4 Å². The number of rotatable bonds is 9. The lowest BCUT2D eigenvalue weighted by Gasteiger charge is -2.30. The minimum absolute atomic E-state index is 0.0580. The number of halogens is 2. The molecule has 3 aromatic rings. The molecule has 12 heteroatoms. The third kappa shape index (κ3) is 6.46. The summed E-state index contributed by atoms with van der Waals surface area (Å²) >= 11 is 6.38. The van der Waals surface area contributed by atoms with E-state index < -0.39 is 15.8 Å². The third-order valence-corrected chi connectivity index (χ3v) is 8.57. The fourth-order valence-electron chi connectivity index (χ4n) is 4.59. The van der Waals surface area contributed by atoms with Gasteiger partial charge < -0.3 is 19.7 Å². The van der Waals surface area contributed by atoms with Crippen molar-refractivity contribution >= 4 is 44.4 Å². The number of hydrazine groups is 1. The summed E-state index contributed by atoms with van der Waals surface area (Å²) in [6.07, 6.45) is 11.5. The summed E-state index contributed by atoms with van der Waals surface area (Å²) in [5.41, 5.74) is 1.31. The first-order valence-electron chi connectivity index (χ1n) is 12.5. The zero-order valence-corrected chi connectivity index (χ0v) is 22.7. The van der Waals surface area contributed by atoms with Crippen LogP contribution in [-0.4, -0.2) is 38.7 Å². The molecule has 1 saturated heterocycles. The normalized spacial score (nSPS) is 16.5. The Morgan fingerprint density at radius 2 is 2.11 bits per heavy atom. The van der Waals surface area contributed by atoms with Crippen molar-refractivity contribution in [2.75, 3.05) is 34.3 Å². The van der Waals surface area contributed by atoms with Crippen LogP contribution in [0.5, 0.6) is 0 Å². The summed E-state index contributed by atoms with van der Waals surface area (Å²) in [4.78, 5) is 6.54. The van der Waals surface area contributed by atoms with Gasteiger partial charge in [-0.1, -0.05) is 37.8 Å². The predicted molar refractivity (Wildman–Crippen MR) is 148 cm³/mol. The number of nitrogens with one attached hydrogen (secondary N) is 2. The van der Waals surface area contributed by atoms with Gasteiger partial charge in [0, 0.05) is 24.8 Å². The summed E-state index contributed by atoms with van der Waals surface area (Å²) in [5.74, 6) is 6.12. The number of sulfonamides is 1. The summed E-state index contributed by atoms with van der Waals surface area (Å²) < 4.78 is 47.1. The van der Waals surface area contributed by atoms with Crippen molar-refractivity contribution in [3.63, 3.8) is 0 Å². The van der Waals surface area contributed by atoms with Crippen molar-refractivity contribution < 1.29 is 17.2 Å². The van der Waals surface area contributed by atoms with Crippen molar-refractivity contribution in [2.45, 2.75) is 43.9 Å². The number of hydrogen-bond donors (Lipinski definition) is 3.